The fourth-order valence-electron chi connectivity index (χ4n) is 3.97. The molecule has 0 aromatic heterocycles. The van der Waals surface area contributed by atoms with Gasteiger partial charge in [0.1, 0.15) is 0 Å². The van der Waals surface area contributed by atoms with Crippen molar-refractivity contribution < 1.29 is 9.53 Å². The molecule has 21 heavy (non-hydrogen) atoms. The second-order valence-electron chi connectivity index (χ2n) is 6.49. The molecule has 2 fully saturated rings. The molecule has 2 N–H and O–H groups in total. The number of Topliss-reactive ketones (excluding diaryl/α,β-unsaturated/α-hetero) is 1. The zero-order valence-corrected chi connectivity index (χ0v) is 12.6. The Morgan fingerprint density at radius 1 is 1.29 bits per heavy atom. The van der Waals surface area contributed by atoms with E-state index in [9.17, 15) is 4.79 Å². The summed E-state index contributed by atoms with van der Waals surface area (Å²) in [5.74, 6) is 0.421. The van der Waals surface area contributed by atoms with E-state index in [1.54, 1.807) is 0 Å². The molecule has 1 saturated carbocycles. The zero-order valence-electron chi connectivity index (χ0n) is 12.6. The van der Waals surface area contributed by atoms with Crippen molar-refractivity contribution in [3.8, 4) is 0 Å². The van der Waals surface area contributed by atoms with Gasteiger partial charge in [0.2, 0.25) is 0 Å². The molecule has 3 rings (SSSR count). The largest absolute Gasteiger partial charge is 0.375 e. The lowest BCUT2D eigenvalue weighted by Gasteiger charge is -2.37. The number of hydrogen-bond donors (Lipinski definition) is 1. The minimum absolute atomic E-state index is 0.00138. The number of ketones is 1. The third-order valence-electron chi connectivity index (χ3n) is 5.08. The van der Waals surface area contributed by atoms with E-state index >= 15 is 0 Å². The summed E-state index contributed by atoms with van der Waals surface area (Å²) < 4.78 is 6.05. The minimum Gasteiger partial charge on any atom is -0.375 e. The van der Waals surface area contributed by atoms with Crippen LogP contribution in [0, 0.1) is 5.92 Å². The van der Waals surface area contributed by atoms with Gasteiger partial charge in [-0.1, -0.05) is 37.1 Å². The van der Waals surface area contributed by atoms with Crippen molar-refractivity contribution in [3.63, 3.8) is 0 Å². The lowest BCUT2D eigenvalue weighted by atomic mass is 9.80. The first-order valence-corrected chi connectivity index (χ1v) is 8.20. The van der Waals surface area contributed by atoms with Crippen LogP contribution in [0.4, 0.5) is 0 Å². The molecule has 1 spiro atoms. The zero-order chi connectivity index (χ0) is 14.7. The van der Waals surface area contributed by atoms with Crippen LogP contribution < -0.4 is 5.73 Å². The number of nitrogens with two attached hydrogens (primary N) is 1. The molecule has 1 aromatic carbocycles. The molecule has 1 aliphatic carbocycles. The molecule has 1 heterocycles. The summed E-state index contributed by atoms with van der Waals surface area (Å²) in [5.41, 5.74) is 7.64. The Morgan fingerprint density at radius 3 is 2.81 bits per heavy atom. The molecule has 3 heteroatoms. The highest BCUT2D eigenvalue weighted by Crippen LogP contribution is 2.42. The smallest absolute Gasteiger partial charge is 0.166 e. The van der Waals surface area contributed by atoms with Crippen LogP contribution >= 0.6 is 0 Å². The van der Waals surface area contributed by atoms with Gasteiger partial charge in [-0.15, -0.1) is 0 Å². The second kappa shape index (κ2) is 6.29. The minimum atomic E-state index is 0.00138. The van der Waals surface area contributed by atoms with Crippen LogP contribution in [-0.2, 0) is 11.2 Å². The summed E-state index contributed by atoms with van der Waals surface area (Å²) >= 11 is 0. The van der Waals surface area contributed by atoms with Gasteiger partial charge in [-0.2, -0.15) is 0 Å². The van der Waals surface area contributed by atoms with E-state index < -0.39 is 0 Å². The highest BCUT2D eigenvalue weighted by Gasteiger charge is 2.42. The van der Waals surface area contributed by atoms with Crippen LogP contribution in [-0.4, -0.2) is 24.5 Å². The van der Waals surface area contributed by atoms with Gasteiger partial charge in [0, 0.05) is 18.1 Å². The third-order valence-corrected chi connectivity index (χ3v) is 5.08. The van der Waals surface area contributed by atoms with Crippen LogP contribution in [0.1, 0.15) is 54.4 Å². The molecule has 1 aliphatic heterocycles. The van der Waals surface area contributed by atoms with Gasteiger partial charge in [0.15, 0.2) is 5.78 Å². The third kappa shape index (κ3) is 3.04. The summed E-state index contributed by atoms with van der Waals surface area (Å²) in [6.45, 7) is 1.32. The average molecular weight is 287 g/mol. The highest BCUT2D eigenvalue weighted by molar-refractivity contribution is 5.99. The summed E-state index contributed by atoms with van der Waals surface area (Å²) in [5, 5.41) is 0. The van der Waals surface area contributed by atoms with Crippen molar-refractivity contribution in [2.45, 2.75) is 50.5 Å². The number of ether oxygens (including phenoxy) is 1. The first kappa shape index (κ1) is 14.7. The molecule has 1 aromatic rings. The van der Waals surface area contributed by atoms with E-state index in [2.05, 4.69) is 0 Å². The maximum Gasteiger partial charge on any atom is 0.166 e. The number of hydrogen-bond acceptors (Lipinski definition) is 3. The molecule has 0 bridgehead atoms. The number of carbonyl (C=O) groups is 1. The van der Waals surface area contributed by atoms with Crippen LogP contribution in [0.15, 0.2) is 24.3 Å². The van der Waals surface area contributed by atoms with Crippen molar-refractivity contribution in [3.05, 3.63) is 35.4 Å². The molecule has 1 unspecified atom stereocenters. The lowest BCUT2D eigenvalue weighted by molar-refractivity contribution is -0.0866. The summed E-state index contributed by atoms with van der Waals surface area (Å²) in [7, 11) is 0. The quantitative estimate of drug-likeness (QED) is 0.866. The Balaban J connectivity index is 1.78. The second-order valence-corrected chi connectivity index (χ2v) is 6.49. The predicted octanol–water partition coefficient (Wildman–Crippen LogP) is 3.11. The number of rotatable bonds is 4. The topological polar surface area (TPSA) is 52.3 Å². The molecule has 114 valence electrons. The molecule has 2 aliphatic rings. The highest BCUT2D eigenvalue weighted by atomic mass is 16.5. The Hall–Kier alpha value is -1.19. The SMILES string of the molecule is NCCc1ccccc1C(=O)C1CCOC2(CCCC2)C1. The van der Waals surface area contributed by atoms with Gasteiger partial charge in [0.25, 0.3) is 0 Å². The molecular weight excluding hydrogens is 262 g/mol. The van der Waals surface area contributed by atoms with Crippen LogP contribution in [0.3, 0.4) is 0 Å². The molecule has 0 amide bonds. The van der Waals surface area contributed by atoms with Crippen molar-refractivity contribution in [1.82, 2.24) is 0 Å². The monoisotopic (exact) mass is 287 g/mol. The van der Waals surface area contributed by atoms with E-state index in [-0.39, 0.29) is 11.5 Å². The van der Waals surface area contributed by atoms with Gasteiger partial charge in [-0.3, -0.25) is 4.79 Å². The van der Waals surface area contributed by atoms with Crippen LogP contribution in [0.2, 0.25) is 0 Å². The summed E-state index contributed by atoms with van der Waals surface area (Å²) in [6, 6.07) is 7.94. The van der Waals surface area contributed by atoms with Gasteiger partial charge < -0.3 is 10.5 Å². The van der Waals surface area contributed by atoms with E-state index in [0.717, 1.165) is 49.8 Å². The number of benzene rings is 1. The fourth-order valence-corrected chi connectivity index (χ4v) is 3.97. The van der Waals surface area contributed by atoms with Gasteiger partial charge in [0.05, 0.1) is 5.60 Å². The van der Waals surface area contributed by atoms with Crippen molar-refractivity contribution in [1.29, 1.82) is 0 Å². The number of carbonyl (C=O) groups excluding carboxylic acids is 1. The van der Waals surface area contributed by atoms with Crippen molar-refractivity contribution in [2.24, 2.45) is 11.7 Å². The first-order chi connectivity index (χ1) is 10.2. The van der Waals surface area contributed by atoms with Crippen molar-refractivity contribution >= 4 is 5.78 Å². The summed E-state index contributed by atoms with van der Waals surface area (Å²) in [4.78, 5) is 12.9. The molecule has 0 radical (unpaired) electrons. The van der Waals surface area contributed by atoms with E-state index in [4.69, 9.17) is 10.5 Å². The van der Waals surface area contributed by atoms with Gasteiger partial charge in [-0.25, -0.2) is 0 Å². The lowest BCUT2D eigenvalue weighted by Crippen LogP contribution is -2.40. The van der Waals surface area contributed by atoms with E-state index in [1.807, 2.05) is 24.3 Å². The Labute approximate surface area is 126 Å². The maximum absolute atomic E-state index is 12.9. The first-order valence-electron chi connectivity index (χ1n) is 8.20. The molecule has 3 nitrogen and oxygen atoms in total. The Morgan fingerprint density at radius 2 is 2.05 bits per heavy atom. The standard InChI is InChI=1S/C18H25NO2/c19-11-7-14-5-1-2-6-16(14)17(20)15-8-12-21-18(13-15)9-3-4-10-18/h1-2,5-6,15H,3-4,7-13,19H2. The van der Waals surface area contributed by atoms with Crippen LogP contribution in [0.5, 0.6) is 0 Å². The summed E-state index contributed by atoms with van der Waals surface area (Å²) in [6.07, 6.45) is 7.27. The maximum atomic E-state index is 12.9. The normalized spacial score (nSPS) is 24.3. The van der Waals surface area contributed by atoms with Crippen LogP contribution in [0.25, 0.3) is 0 Å². The fraction of sp³-hybridized carbons (Fsp3) is 0.611. The van der Waals surface area contributed by atoms with Gasteiger partial charge >= 0.3 is 0 Å². The average Bonchev–Trinajstić information content (AvgIpc) is 2.95. The van der Waals surface area contributed by atoms with Crippen molar-refractivity contribution in [2.75, 3.05) is 13.2 Å². The van der Waals surface area contributed by atoms with E-state index in [1.165, 1.54) is 12.8 Å². The molecule has 1 saturated heterocycles. The predicted molar refractivity (Wildman–Crippen MR) is 83.4 cm³/mol. The molecular formula is C18H25NO2. The Bertz CT molecular complexity index is 506. The van der Waals surface area contributed by atoms with E-state index in [0.29, 0.717) is 12.3 Å². The molecule has 1 atom stereocenters. The van der Waals surface area contributed by atoms with Gasteiger partial charge in [-0.05, 0) is 44.2 Å². The Kier molecular flexibility index (Phi) is 4.41.